The van der Waals surface area contributed by atoms with Gasteiger partial charge in [-0.3, -0.25) is 9.69 Å². The van der Waals surface area contributed by atoms with Crippen LogP contribution in [0.4, 0.5) is 4.79 Å². The van der Waals surface area contributed by atoms with Crippen LogP contribution in [0.5, 0.6) is 0 Å². The number of carbonyl (C=O) groups excluding carboxylic acids is 2. The fourth-order valence-electron chi connectivity index (χ4n) is 3.53. The summed E-state index contributed by atoms with van der Waals surface area (Å²) in [5, 5.41) is 0. The minimum atomic E-state index is -0.631. The number of benzene rings is 2. The third-order valence-corrected chi connectivity index (χ3v) is 4.88. The second-order valence-corrected chi connectivity index (χ2v) is 6.71. The highest BCUT2D eigenvalue weighted by molar-refractivity contribution is 5.91. The summed E-state index contributed by atoms with van der Waals surface area (Å²) in [5.74, 6) is -0.109. The lowest BCUT2D eigenvalue weighted by Crippen LogP contribution is -2.42. The van der Waals surface area contributed by atoms with Crippen molar-refractivity contribution < 1.29 is 23.8 Å². The zero-order chi connectivity index (χ0) is 18.6. The summed E-state index contributed by atoms with van der Waals surface area (Å²) in [5.41, 5.74) is 1.93. The van der Waals surface area contributed by atoms with Gasteiger partial charge >= 0.3 is 6.09 Å². The maximum absolute atomic E-state index is 12.6. The van der Waals surface area contributed by atoms with Crippen LogP contribution in [-0.2, 0) is 32.2 Å². The molecule has 2 aromatic carbocycles. The predicted molar refractivity (Wildman–Crippen MR) is 96.9 cm³/mol. The highest BCUT2D eigenvalue weighted by atomic mass is 16.6. The first-order chi connectivity index (χ1) is 13.2. The van der Waals surface area contributed by atoms with E-state index >= 15 is 0 Å². The van der Waals surface area contributed by atoms with Crippen molar-refractivity contribution in [3.63, 3.8) is 0 Å². The standard InChI is InChI=1S/C21H21NO5/c23-17-14-26-20-18(25-12-15-7-3-1-4-8-15)11-22(19(17)20)21(24)27-13-16-9-5-2-6-10-16/h1-10,18-20H,11-14H2/t18?,19-,20?/m0/s1. The van der Waals surface area contributed by atoms with Crippen molar-refractivity contribution in [2.75, 3.05) is 13.2 Å². The van der Waals surface area contributed by atoms with E-state index in [1.165, 1.54) is 4.90 Å². The molecule has 2 aliphatic rings. The molecular formula is C21H21NO5. The Bertz CT molecular complexity index is 795. The Morgan fingerprint density at radius 2 is 1.63 bits per heavy atom. The highest BCUT2D eigenvalue weighted by Gasteiger charge is 2.53. The van der Waals surface area contributed by atoms with Gasteiger partial charge in [0.05, 0.1) is 13.2 Å². The van der Waals surface area contributed by atoms with Gasteiger partial charge < -0.3 is 14.2 Å². The molecule has 3 atom stereocenters. The van der Waals surface area contributed by atoms with E-state index in [-0.39, 0.29) is 31.6 Å². The van der Waals surface area contributed by atoms with Crippen LogP contribution in [0.3, 0.4) is 0 Å². The van der Waals surface area contributed by atoms with Crippen molar-refractivity contribution in [2.24, 2.45) is 0 Å². The quantitative estimate of drug-likeness (QED) is 0.813. The zero-order valence-electron chi connectivity index (χ0n) is 14.8. The Hall–Kier alpha value is -2.70. The van der Waals surface area contributed by atoms with Crippen LogP contribution < -0.4 is 0 Å². The van der Waals surface area contributed by atoms with Gasteiger partial charge in [0.25, 0.3) is 0 Å². The van der Waals surface area contributed by atoms with Gasteiger partial charge in [-0.15, -0.1) is 0 Å². The summed E-state index contributed by atoms with van der Waals surface area (Å²) in [7, 11) is 0. The zero-order valence-corrected chi connectivity index (χ0v) is 14.8. The van der Waals surface area contributed by atoms with Crippen molar-refractivity contribution in [1.82, 2.24) is 4.90 Å². The molecule has 27 heavy (non-hydrogen) atoms. The molecule has 0 aliphatic carbocycles. The molecule has 2 unspecified atom stereocenters. The van der Waals surface area contributed by atoms with Crippen molar-refractivity contribution >= 4 is 11.9 Å². The first-order valence-electron chi connectivity index (χ1n) is 8.99. The first kappa shape index (κ1) is 17.7. The molecule has 0 spiro atoms. The largest absolute Gasteiger partial charge is 0.445 e. The molecular weight excluding hydrogens is 346 g/mol. The number of likely N-dealkylation sites (tertiary alicyclic amines) is 1. The Balaban J connectivity index is 1.40. The van der Waals surface area contributed by atoms with Gasteiger partial charge in [-0.2, -0.15) is 0 Å². The van der Waals surface area contributed by atoms with Crippen molar-refractivity contribution in [3.8, 4) is 0 Å². The van der Waals surface area contributed by atoms with Crippen LogP contribution in [0.2, 0.25) is 0 Å². The molecule has 0 aromatic heterocycles. The van der Waals surface area contributed by atoms with Crippen LogP contribution in [0.25, 0.3) is 0 Å². The number of fused-ring (bicyclic) bond motifs is 1. The second-order valence-electron chi connectivity index (χ2n) is 6.71. The second kappa shape index (κ2) is 7.90. The average molecular weight is 367 g/mol. The molecule has 6 nitrogen and oxygen atoms in total. The van der Waals surface area contributed by atoms with Crippen molar-refractivity contribution in [1.29, 1.82) is 0 Å². The van der Waals surface area contributed by atoms with Gasteiger partial charge in [0.2, 0.25) is 0 Å². The lowest BCUT2D eigenvalue weighted by molar-refractivity contribution is -0.121. The molecule has 0 radical (unpaired) electrons. The van der Waals surface area contributed by atoms with Crippen LogP contribution in [0.15, 0.2) is 60.7 Å². The molecule has 0 saturated carbocycles. The molecule has 1 amide bonds. The molecule has 2 fully saturated rings. The number of rotatable bonds is 5. The summed E-state index contributed by atoms with van der Waals surface area (Å²) in [4.78, 5) is 26.2. The maximum Gasteiger partial charge on any atom is 0.410 e. The number of amides is 1. The Morgan fingerprint density at radius 3 is 2.30 bits per heavy atom. The van der Waals surface area contributed by atoms with E-state index in [1.54, 1.807) is 0 Å². The minimum absolute atomic E-state index is 0.00297. The van der Waals surface area contributed by atoms with E-state index < -0.39 is 18.2 Å². The predicted octanol–water partition coefficient (Wildman–Crippen LogP) is 2.56. The molecule has 140 valence electrons. The fraction of sp³-hybridized carbons (Fsp3) is 0.333. The number of Topliss-reactive ketones (excluding diaryl/α,β-unsaturated/α-hetero) is 1. The van der Waals surface area contributed by atoms with E-state index in [0.717, 1.165) is 11.1 Å². The highest BCUT2D eigenvalue weighted by Crippen LogP contribution is 2.30. The smallest absolute Gasteiger partial charge is 0.410 e. The van der Waals surface area contributed by atoms with Crippen LogP contribution in [0, 0.1) is 0 Å². The summed E-state index contributed by atoms with van der Waals surface area (Å²) >= 11 is 0. The van der Waals surface area contributed by atoms with Crippen LogP contribution in [0.1, 0.15) is 11.1 Å². The molecule has 0 N–H and O–H groups in total. The summed E-state index contributed by atoms with van der Waals surface area (Å²) in [6.07, 6.45) is -1.31. The van der Waals surface area contributed by atoms with Crippen molar-refractivity contribution in [2.45, 2.75) is 31.5 Å². The summed E-state index contributed by atoms with van der Waals surface area (Å²) < 4.78 is 17.0. The minimum Gasteiger partial charge on any atom is -0.445 e. The average Bonchev–Trinajstić information content (AvgIpc) is 3.27. The number of hydrogen-bond donors (Lipinski definition) is 0. The number of hydrogen-bond acceptors (Lipinski definition) is 5. The van der Waals surface area contributed by atoms with Crippen molar-refractivity contribution in [3.05, 3.63) is 71.8 Å². The number of nitrogens with zero attached hydrogens (tertiary/aromatic N) is 1. The number of carbonyl (C=O) groups is 2. The third kappa shape index (κ3) is 3.86. The SMILES string of the molecule is O=C1COC2C(OCc3ccccc3)CN(C(=O)OCc3ccccc3)[C@@H]12. The molecule has 2 aliphatic heterocycles. The normalized spacial score (nSPS) is 24.1. The van der Waals surface area contributed by atoms with Gasteiger partial charge in [0.15, 0.2) is 5.78 Å². The third-order valence-electron chi connectivity index (χ3n) is 4.88. The monoisotopic (exact) mass is 367 g/mol. The van der Waals surface area contributed by atoms with E-state index in [2.05, 4.69) is 0 Å². The van der Waals surface area contributed by atoms with Gasteiger partial charge in [0.1, 0.15) is 31.5 Å². The van der Waals surface area contributed by atoms with Crippen LogP contribution in [-0.4, -0.2) is 48.2 Å². The molecule has 0 bridgehead atoms. The van der Waals surface area contributed by atoms with Crippen LogP contribution >= 0.6 is 0 Å². The summed E-state index contributed by atoms with van der Waals surface area (Å²) in [6.45, 7) is 0.849. The van der Waals surface area contributed by atoms with E-state index in [4.69, 9.17) is 14.2 Å². The molecule has 2 aromatic rings. The van der Waals surface area contributed by atoms with Gasteiger partial charge in [-0.05, 0) is 11.1 Å². The van der Waals surface area contributed by atoms with E-state index in [0.29, 0.717) is 6.61 Å². The Kier molecular flexibility index (Phi) is 5.18. The van der Waals surface area contributed by atoms with Gasteiger partial charge in [-0.25, -0.2) is 4.79 Å². The Labute approximate surface area is 157 Å². The molecule has 2 saturated heterocycles. The number of ether oxygens (including phenoxy) is 3. The molecule has 6 heteroatoms. The molecule has 4 rings (SSSR count). The van der Waals surface area contributed by atoms with Gasteiger partial charge in [0, 0.05) is 0 Å². The maximum atomic E-state index is 12.6. The number of ketones is 1. The topological polar surface area (TPSA) is 65.1 Å². The van der Waals surface area contributed by atoms with E-state index in [9.17, 15) is 9.59 Å². The Morgan fingerprint density at radius 1 is 1.00 bits per heavy atom. The molecule has 2 heterocycles. The summed E-state index contributed by atoms with van der Waals surface area (Å²) in [6, 6.07) is 18.6. The lowest BCUT2D eigenvalue weighted by atomic mass is 10.1. The van der Waals surface area contributed by atoms with E-state index in [1.807, 2.05) is 60.7 Å². The fourth-order valence-corrected chi connectivity index (χ4v) is 3.53. The van der Waals surface area contributed by atoms with Gasteiger partial charge in [-0.1, -0.05) is 60.7 Å². The lowest BCUT2D eigenvalue weighted by Gasteiger charge is -2.20. The first-order valence-corrected chi connectivity index (χ1v) is 8.99.